The Balaban J connectivity index is 0.000000203. The smallest absolute Gasteiger partial charge is 0.365 e. The minimum Gasteiger partial charge on any atom is -0.479 e. The normalized spacial score (nSPS) is 27.5. The molecule has 7 heterocycles. The number of aliphatic hydroxyl groups is 2. The lowest BCUT2D eigenvalue weighted by molar-refractivity contribution is -0.202. The van der Waals surface area contributed by atoms with Gasteiger partial charge in [0.05, 0.1) is 33.0 Å². The number of nitrogens with zero attached hydrogens (tertiary/aromatic N) is 8. The van der Waals surface area contributed by atoms with E-state index in [2.05, 4.69) is 29.9 Å². The zero-order chi connectivity index (χ0) is 44.1. The molecule has 0 aliphatic carbocycles. The molecule has 3 saturated heterocycles. The Labute approximate surface area is 353 Å². The highest BCUT2D eigenvalue weighted by molar-refractivity contribution is 7.54. The number of aliphatic carboxylic acids is 1. The van der Waals surface area contributed by atoms with Crippen LogP contribution in [-0.2, 0) is 51.4 Å². The van der Waals surface area contributed by atoms with E-state index in [4.69, 9.17) is 91.9 Å². The number of imidazole rings is 2. The number of aromatic nitrogens is 8. The quantitative estimate of drug-likeness (QED) is 0.0686. The molecular formula is C30H39Cl3N8O17P2. The molecule has 2 unspecified atom stereocenters. The van der Waals surface area contributed by atoms with Crippen LogP contribution in [0.2, 0.25) is 15.7 Å². The first kappa shape index (κ1) is 46.7. The van der Waals surface area contributed by atoms with Crippen LogP contribution in [0.4, 0.5) is 0 Å². The Morgan fingerprint density at radius 2 is 1.38 bits per heavy atom. The fourth-order valence-corrected chi connectivity index (χ4v) is 8.70. The largest absolute Gasteiger partial charge is 0.479 e. The highest BCUT2D eigenvalue weighted by Gasteiger charge is 2.56. The first-order valence-electron chi connectivity index (χ1n) is 17.4. The van der Waals surface area contributed by atoms with Gasteiger partial charge in [0.15, 0.2) is 46.1 Å². The number of hydrogen-bond donors (Lipinski definition) is 5. The van der Waals surface area contributed by atoms with Crippen LogP contribution >= 0.6 is 50.0 Å². The topological polar surface area (TPSA) is 323 Å². The predicted octanol–water partition coefficient (Wildman–Crippen LogP) is 2.11. The molecule has 0 bridgehead atoms. The van der Waals surface area contributed by atoms with Gasteiger partial charge in [-0.2, -0.15) is 15.0 Å². The van der Waals surface area contributed by atoms with Gasteiger partial charge in [-0.05, 0) is 44.0 Å². The summed E-state index contributed by atoms with van der Waals surface area (Å²) in [7, 11) is -4.42. The van der Waals surface area contributed by atoms with E-state index < -0.39 is 94.3 Å². The maximum atomic E-state index is 12.6. The molecule has 0 saturated carbocycles. The lowest BCUT2D eigenvalue weighted by atomic mass is 10.1. The monoisotopic (exact) mass is 950 g/mol. The van der Waals surface area contributed by atoms with Crippen molar-refractivity contribution in [3.8, 4) is 5.88 Å². The van der Waals surface area contributed by atoms with E-state index in [1.54, 1.807) is 17.8 Å². The van der Waals surface area contributed by atoms with Gasteiger partial charge in [0.1, 0.15) is 42.1 Å². The molecule has 0 amide bonds. The molecule has 3 aliphatic rings. The Hall–Kier alpha value is -2.78. The lowest BCUT2D eigenvalue weighted by Gasteiger charge is -2.26. The molecule has 7 rings (SSSR count). The van der Waals surface area contributed by atoms with Crippen molar-refractivity contribution in [2.45, 2.75) is 87.3 Å². The maximum absolute atomic E-state index is 12.6. The number of aliphatic hydroxyl groups excluding tert-OH is 2. The van der Waals surface area contributed by atoms with Crippen molar-refractivity contribution in [1.29, 1.82) is 0 Å². The summed E-state index contributed by atoms with van der Waals surface area (Å²) in [6, 6.07) is 0. The number of rotatable bonds is 14. The van der Waals surface area contributed by atoms with E-state index in [0.717, 1.165) is 0 Å². The summed E-state index contributed by atoms with van der Waals surface area (Å²) in [4.78, 5) is 53.3. The van der Waals surface area contributed by atoms with Crippen molar-refractivity contribution < 1.29 is 81.2 Å². The summed E-state index contributed by atoms with van der Waals surface area (Å²) >= 11 is 17.7. The predicted molar refractivity (Wildman–Crippen MR) is 202 cm³/mol. The number of methoxy groups -OCH3 is 1. The minimum atomic E-state index is -5.11. The molecule has 332 valence electrons. The van der Waals surface area contributed by atoms with Crippen LogP contribution < -0.4 is 4.74 Å². The molecule has 30 heteroatoms. The molecular weight excluding hydrogens is 913 g/mol. The average molecular weight is 952 g/mol. The van der Waals surface area contributed by atoms with Gasteiger partial charge in [0, 0.05) is 14.2 Å². The van der Waals surface area contributed by atoms with Gasteiger partial charge in [0.25, 0.3) is 5.85 Å². The summed E-state index contributed by atoms with van der Waals surface area (Å²) in [6.45, 7) is 4.60. The van der Waals surface area contributed by atoms with Gasteiger partial charge in [-0.1, -0.05) is 11.6 Å². The summed E-state index contributed by atoms with van der Waals surface area (Å²) in [5.41, 5.74) is 1.12. The van der Waals surface area contributed by atoms with Crippen molar-refractivity contribution in [3.05, 3.63) is 28.4 Å². The Morgan fingerprint density at radius 1 is 0.833 bits per heavy atom. The lowest BCUT2D eigenvalue weighted by Crippen LogP contribution is -2.36. The molecule has 25 nitrogen and oxygen atoms in total. The van der Waals surface area contributed by atoms with Crippen LogP contribution in [0, 0.1) is 0 Å². The van der Waals surface area contributed by atoms with E-state index in [9.17, 15) is 24.1 Å². The fourth-order valence-electron chi connectivity index (χ4n) is 6.55. The van der Waals surface area contributed by atoms with Crippen LogP contribution in [0.25, 0.3) is 22.3 Å². The van der Waals surface area contributed by atoms with E-state index in [-0.39, 0.29) is 39.4 Å². The van der Waals surface area contributed by atoms with Crippen LogP contribution in [0.3, 0.4) is 0 Å². The molecule has 4 aromatic heterocycles. The maximum Gasteiger partial charge on any atom is 0.365 e. The third-order valence-electron chi connectivity index (χ3n) is 9.31. The Kier molecular flexibility index (Phi) is 14.1. The van der Waals surface area contributed by atoms with Crippen molar-refractivity contribution in [2.75, 3.05) is 34.5 Å². The van der Waals surface area contributed by atoms with Crippen molar-refractivity contribution in [3.63, 3.8) is 0 Å². The van der Waals surface area contributed by atoms with Crippen LogP contribution in [-0.4, -0.2) is 159 Å². The Bertz CT molecular complexity index is 2300. The summed E-state index contributed by atoms with van der Waals surface area (Å²) in [6.07, 6.45) is -4.99. The first-order chi connectivity index (χ1) is 28.1. The minimum absolute atomic E-state index is 0.0122. The highest BCUT2D eigenvalue weighted by atomic mass is 35.5. The molecule has 5 N–H and O–H groups in total. The number of carbonyl (C=O) groups is 1. The van der Waals surface area contributed by atoms with Gasteiger partial charge in [-0.3, -0.25) is 18.3 Å². The van der Waals surface area contributed by atoms with Gasteiger partial charge < -0.3 is 67.3 Å². The third kappa shape index (κ3) is 9.43. The Morgan fingerprint density at radius 3 is 1.98 bits per heavy atom. The molecule has 60 heavy (non-hydrogen) atoms. The highest BCUT2D eigenvalue weighted by Crippen LogP contribution is 2.52. The summed E-state index contributed by atoms with van der Waals surface area (Å²) < 4.78 is 76.4. The molecule has 4 aromatic rings. The van der Waals surface area contributed by atoms with Crippen LogP contribution in [0.5, 0.6) is 5.88 Å². The van der Waals surface area contributed by atoms with Crippen molar-refractivity contribution in [1.82, 2.24) is 39.0 Å². The van der Waals surface area contributed by atoms with E-state index in [1.165, 1.54) is 32.2 Å². The average Bonchev–Trinajstić information content (AvgIpc) is 3.99. The number of halogens is 3. The zero-order valence-electron chi connectivity index (χ0n) is 32.1. The first-order valence-corrected chi connectivity index (χ1v) is 21.8. The summed E-state index contributed by atoms with van der Waals surface area (Å²) in [5.74, 6) is -5.73. The van der Waals surface area contributed by atoms with Gasteiger partial charge in [0.2, 0.25) is 16.4 Å². The second kappa shape index (κ2) is 18.1. The fraction of sp³-hybridized carbons (Fsp3) is 0.633. The number of carboxylic acid groups (broad SMARTS) is 1. The van der Waals surface area contributed by atoms with E-state index in [0.29, 0.717) is 11.2 Å². The number of ether oxygens (including phenoxy) is 7. The SMILES string of the molecule is COc1nc(Cl)nc2c1ncn2[C@@H]1O[C@H](COC(C)P(=O)(OC)OC)[C@H]2OC(C)(C)O[C@H]21.O=C(O)C(OC[C@H]1O[C@@H](n2cnc3c(Cl)nc(Cl)nc32)[C@H](O)[C@@H]1O)P(=O)(O)O. The van der Waals surface area contributed by atoms with E-state index in [1.807, 2.05) is 13.8 Å². The molecule has 10 atom stereocenters. The van der Waals surface area contributed by atoms with Crippen LogP contribution in [0.1, 0.15) is 33.2 Å². The second-order valence-corrected chi connectivity index (χ2v) is 18.8. The van der Waals surface area contributed by atoms with Gasteiger partial charge in [-0.15, -0.1) is 0 Å². The molecule has 3 fully saturated rings. The zero-order valence-corrected chi connectivity index (χ0v) is 36.1. The number of carboxylic acids is 1. The van der Waals surface area contributed by atoms with E-state index >= 15 is 0 Å². The van der Waals surface area contributed by atoms with Crippen molar-refractivity contribution in [2.24, 2.45) is 0 Å². The van der Waals surface area contributed by atoms with Gasteiger partial charge in [-0.25, -0.2) is 19.7 Å². The standard InChI is InChI=1S/C18H26ClN4O8P.C12H13Cl2N4O9P/c1-9(32(24,26-5)27-6)28-7-10-12-13(31-18(2,3)30-12)16(29-10)23-8-20-11-14(23)21-17(19)22-15(11)25-4;13-7-4-8(17-12(14)16-7)18(2-15-4)9-6(20)5(19)3(27-9)1-26-11(10(21)22)28(23,24)25/h8-10,12-13,16H,7H2,1-6H3;2-3,5-6,9,11,19-20H,1H2,(H,21,22)(H2,23,24,25)/t9?,10-,12-,13-,16-;3-,5-,6-,9-,11?/m11/s1. The third-order valence-corrected chi connectivity index (χ3v) is 12.9. The van der Waals surface area contributed by atoms with Crippen molar-refractivity contribution >= 4 is 78.3 Å². The molecule has 3 aliphatic heterocycles. The van der Waals surface area contributed by atoms with Crippen LogP contribution in [0.15, 0.2) is 12.7 Å². The number of hydrogen-bond acceptors (Lipinski definition) is 20. The second-order valence-electron chi connectivity index (χ2n) is 13.6. The molecule has 0 spiro atoms. The number of fused-ring (bicyclic) bond motifs is 3. The van der Waals surface area contributed by atoms with Gasteiger partial charge >= 0.3 is 21.2 Å². The molecule has 0 aromatic carbocycles. The summed E-state index contributed by atoms with van der Waals surface area (Å²) in [5, 5.41) is 29.0. The molecule has 0 radical (unpaired) electrons.